The van der Waals surface area contributed by atoms with Crippen LogP contribution < -0.4 is 5.32 Å². The van der Waals surface area contributed by atoms with Crippen molar-refractivity contribution in [3.8, 4) is 0 Å². The van der Waals surface area contributed by atoms with E-state index in [-0.39, 0.29) is 5.56 Å². The predicted octanol–water partition coefficient (Wildman–Crippen LogP) is 4.79. The van der Waals surface area contributed by atoms with Gasteiger partial charge in [-0.05, 0) is 49.7 Å². The summed E-state index contributed by atoms with van der Waals surface area (Å²) in [7, 11) is 1.65. The highest BCUT2D eigenvalue weighted by molar-refractivity contribution is 9.10. The van der Waals surface area contributed by atoms with E-state index in [4.69, 9.17) is 0 Å². The van der Waals surface area contributed by atoms with E-state index in [1.54, 1.807) is 7.05 Å². The number of aryl methyl sites for hydroxylation is 2. The van der Waals surface area contributed by atoms with Crippen LogP contribution in [0.1, 0.15) is 28.3 Å². The molecule has 0 bridgehead atoms. The zero-order valence-electron chi connectivity index (χ0n) is 11.9. The van der Waals surface area contributed by atoms with Gasteiger partial charge >= 0.3 is 0 Å². The minimum Gasteiger partial charge on any atom is -0.309 e. The second-order valence-electron chi connectivity index (χ2n) is 4.94. The summed E-state index contributed by atoms with van der Waals surface area (Å²) in [6.07, 6.45) is 0. The summed E-state index contributed by atoms with van der Waals surface area (Å²) < 4.78 is 41.5. The second kappa shape index (κ2) is 6.20. The molecule has 1 nitrogen and oxygen atoms in total. The lowest BCUT2D eigenvalue weighted by Gasteiger charge is -2.21. The maximum Gasteiger partial charge on any atom is 0.194 e. The van der Waals surface area contributed by atoms with Crippen LogP contribution in [0.15, 0.2) is 28.7 Å². The maximum atomic E-state index is 14.0. The Kier molecular flexibility index (Phi) is 4.74. The van der Waals surface area contributed by atoms with Crippen LogP contribution in [0.2, 0.25) is 0 Å². The van der Waals surface area contributed by atoms with Crippen LogP contribution in [0.3, 0.4) is 0 Å². The Morgan fingerprint density at radius 3 is 2.24 bits per heavy atom. The number of nitrogens with one attached hydrogen (secondary N) is 1. The normalized spacial score (nSPS) is 12.5. The van der Waals surface area contributed by atoms with Crippen LogP contribution >= 0.6 is 15.9 Å². The first-order valence-electron chi connectivity index (χ1n) is 6.44. The summed E-state index contributed by atoms with van der Waals surface area (Å²) in [5.41, 5.74) is 2.82. The molecule has 2 rings (SSSR count). The lowest BCUT2D eigenvalue weighted by molar-refractivity contribution is 0.435. The SMILES string of the molecule is CNC(c1cc(C)c(Br)cc1C)c1ccc(F)c(F)c1F. The van der Waals surface area contributed by atoms with Crippen molar-refractivity contribution in [2.45, 2.75) is 19.9 Å². The molecular weight excluding hydrogens is 343 g/mol. The molecule has 1 unspecified atom stereocenters. The third-order valence-electron chi connectivity index (χ3n) is 3.52. The fourth-order valence-electron chi connectivity index (χ4n) is 2.36. The Morgan fingerprint density at radius 2 is 1.62 bits per heavy atom. The molecule has 2 aromatic carbocycles. The highest BCUT2D eigenvalue weighted by Gasteiger charge is 2.22. The third-order valence-corrected chi connectivity index (χ3v) is 4.38. The van der Waals surface area contributed by atoms with Crippen molar-refractivity contribution in [1.29, 1.82) is 0 Å². The molecule has 2 aromatic rings. The fraction of sp³-hybridized carbons (Fsp3) is 0.250. The van der Waals surface area contributed by atoms with E-state index in [1.807, 2.05) is 26.0 Å². The second-order valence-corrected chi connectivity index (χ2v) is 5.80. The molecule has 1 atom stereocenters. The van der Waals surface area contributed by atoms with Crippen LogP contribution in [-0.2, 0) is 0 Å². The predicted molar refractivity (Wildman–Crippen MR) is 80.8 cm³/mol. The van der Waals surface area contributed by atoms with Gasteiger partial charge in [0.1, 0.15) is 0 Å². The molecule has 0 radical (unpaired) electrons. The Labute approximate surface area is 130 Å². The van der Waals surface area contributed by atoms with Crippen LogP contribution in [0.5, 0.6) is 0 Å². The molecule has 0 aliphatic heterocycles. The van der Waals surface area contributed by atoms with Crippen LogP contribution in [0.25, 0.3) is 0 Å². The van der Waals surface area contributed by atoms with Crippen molar-refractivity contribution >= 4 is 15.9 Å². The summed E-state index contributed by atoms with van der Waals surface area (Å²) in [6.45, 7) is 3.81. The van der Waals surface area contributed by atoms with Crippen LogP contribution in [0.4, 0.5) is 13.2 Å². The Bertz CT molecular complexity index is 684. The average molecular weight is 358 g/mol. The standard InChI is InChI=1S/C16H15BrF3N/c1-8-7-12(17)9(2)6-11(8)16(21-3)10-4-5-13(18)15(20)14(10)19/h4-7,16,21H,1-3H3. The summed E-state index contributed by atoms with van der Waals surface area (Å²) in [5.74, 6) is -3.79. The van der Waals surface area contributed by atoms with Gasteiger partial charge in [0.25, 0.3) is 0 Å². The smallest absolute Gasteiger partial charge is 0.194 e. The highest BCUT2D eigenvalue weighted by Crippen LogP contribution is 2.31. The summed E-state index contributed by atoms with van der Waals surface area (Å²) in [5, 5.41) is 2.97. The van der Waals surface area contributed by atoms with Gasteiger partial charge in [0.15, 0.2) is 17.5 Å². The van der Waals surface area contributed by atoms with Crippen molar-refractivity contribution in [3.05, 3.63) is 68.4 Å². The van der Waals surface area contributed by atoms with E-state index in [0.29, 0.717) is 0 Å². The molecule has 0 aromatic heterocycles. The van der Waals surface area contributed by atoms with Gasteiger partial charge in [0.2, 0.25) is 0 Å². The van der Waals surface area contributed by atoms with Gasteiger partial charge in [0.05, 0.1) is 6.04 Å². The topological polar surface area (TPSA) is 12.0 Å². The molecule has 0 heterocycles. The number of hydrogen-bond acceptors (Lipinski definition) is 1. The lowest BCUT2D eigenvalue weighted by atomic mass is 9.93. The first kappa shape index (κ1) is 16.0. The van der Waals surface area contributed by atoms with E-state index in [9.17, 15) is 13.2 Å². The Balaban J connectivity index is 2.60. The van der Waals surface area contributed by atoms with Crippen molar-refractivity contribution < 1.29 is 13.2 Å². The van der Waals surface area contributed by atoms with Crippen molar-refractivity contribution in [2.24, 2.45) is 0 Å². The first-order valence-corrected chi connectivity index (χ1v) is 7.23. The summed E-state index contributed by atoms with van der Waals surface area (Å²) in [4.78, 5) is 0. The number of rotatable bonds is 3. The van der Waals surface area contributed by atoms with E-state index >= 15 is 0 Å². The van der Waals surface area contributed by atoms with E-state index in [1.165, 1.54) is 6.07 Å². The first-order chi connectivity index (χ1) is 9.86. The van der Waals surface area contributed by atoms with Crippen LogP contribution in [-0.4, -0.2) is 7.05 Å². The largest absolute Gasteiger partial charge is 0.309 e. The molecular formula is C16H15BrF3N. The molecule has 0 fully saturated rings. The van der Waals surface area contributed by atoms with Crippen molar-refractivity contribution in [2.75, 3.05) is 7.05 Å². The maximum absolute atomic E-state index is 14.0. The van der Waals surface area contributed by atoms with Crippen LogP contribution in [0, 0.1) is 31.3 Å². The fourth-order valence-corrected chi connectivity index (χ4v) is 2.81. The van der Waals surface area contributed by atoms with Crippen molar-refractivity contribution in [1.82, 2.24) is 5.32 Å². The number of benzene rings is 2. The molecule has 0 saturated carbocycles. The zero-order valence-corrected chi connectivity index (χ0v) is 13.5. The van der Waals surface area contributed by atoms with Gasteiger partial charge in [0, 0.05) is 10.0 Å². The van der Waals surface area contributed by atoms with Gasteiger partial charge < -0.3 is 5.32 Å². The molecule has 112 valence electrons. The van der Waals surface area contributed by atoms with Gasteiger partial charge in [-0.2, -0.15) is 0 Å². The molecule has 0 spiro atoms. The molecule has 5 heteroatoms. The minimum absolute atomic E-state index is 0.0845. The highest BCUT2D eigenvalue weighted by atomic mass is 79.9. The van der Waals surface area contributed by atoms with E-state index in [0.717, 1.165) is 27.2 Å². The van der Waals surface area contributed by atoms with Gasteiger partial charge in [-0.3, -0.25) is 0 Å². The quantitative estimate of drug-likeness (QED) is 0.778. The molecule has 0 amide bonds. The Morgan fingerprint density at radius 1 is 0.952 bits per heavy atom. The van der Waals surface area contributed by atoms with Gasteiger partial charge in [-0.1, -0.05) is 28.1 Å². The van der Waals surface area contributed by atoms with E-state index < -0.39 is 23.5 Å². The van der Waals surface area contributed by atoms with Crippen molar-refractivity contribution in [3.63, 3.8) is 0 Å². The van der Waals surface area contributed by atoms with Gasteiger partial charge in [-0.15, -0.1) is 0 Å². The summed E-state index contributed by atoms with van der Waals surface area (Å²) in [6, 6.07) is 5.49. The monoisotopic (exact) mass is 357 g/mol. The third kappa shape index (κ3) is 2.99. The Hall–Kier alpha value is -1.33. The lowest BCUT2D eigenvalue weighted by Crippen LogP contribution is -2.21. The van der Waals surface area contributed by atoms with E-state index in [2.05, 4.69) is 21.2 Å². The zero-order chi connectivity index (χ0) is 15.7. The molecule has 0 aliphatic carbocycles. The average Bonchev–Trinajstić information content (AvgIpc) is 2.44. The summed E-state index contributed by atoms with van der Waals surface area (Å²) >= 11 is 3.44. The van der Waals surface area contributed by atoms with Gasteiger partial charge in [-0.25, -0.2) is 13.2 Å². The molecule has 21 heavy (non-hydrogen) atoms. The molecule has 0 aliphatic rings. The number of halogens is 4. The molecule has 1 N–H and O–H groups in total. The molecule has 0 saturated heterocycles. The minimum atomic E-state index is -1.45. The number of hydrogen-bond donors (Lipinski definition) is 1.